The van der Waals surface area contributed by atoms with Gasteiger partial charge in [0.05, 0.1) is 17.9 Å². The number of hydrogen-bond donors (Lipinski definition) is 1. The maximum absolute atomic E-state index is 12.9. The molecule has 1 aliphatic rings. The van der Waals surface area contributed by atoms with Crippen molar-refractivity contribution in [2.75, 3.05) is 57.5 Å². The number of carbonyl (C=O) groups is 2. The fourth-order valence-corrected chi connectivity index (χ4v) is 3.94. The van der Waals surface area contributed by atoms with E-state index in [0.717, 1.165) is 39.0 Å². The first-order valence-electron chi connectivity index (χ1n) is 11.7. The SMILES string of the molecule is CC(CCOc1ccccc1N(C)C(=O)c1ccccc1N)CCC(=O)N1CCN(C)CC1.Cl. The molecule has 3 rings (SSSR count). The first-order valence-corrected chi connectivity index (χ1v) is 11.7. The van der Waals surface area contributed by atoms with Crippen LogP contribution in [0.3, 0.4) is 0 Å². The van der Waals surface area contributed by atoms with Crippen molar-refractivity contribution in [1.82, 2.24) is 9.80 Å². The Hall–Kier alpha value is -2.77. The van der Waals surface area contributed by atoms with Gasteiger partial charge in [0.15, 0.2) is 0 Å². The summed E-state index contributed by atoms with van der Waals surface area (Å²) in [5.74, 6) is 1.10. The molecule has 0 spiro atoms. The molecule has 0 saturated carbocycles. The number of likely N-dealkylation sites (N-methyl/N-ethyl adjacent to an activating group) is 1. The molecule has 1 atom stereocenters. The summed E-state index contributed by atoms with van der Waals surface area (Å²) in [7, 11) is 3.82. The lowest BCUT2D eigenvalue weighted by atomic mass is 10.0. The number of nitrogens with zero attached hydrogens (tertiary/aromatic N) is 3. The number of hydrogen-bond acceptors (Lipinski definition) is 5. The minimum atomic E-state index is -0.181. The van der Waals surface area contributed by atoms with Gasteiger partial charge >= 0.3 is 0 Å². The minimum absolute atomic E-state index is 0. The van der Waals surface area contributed by atoms with E-state index in [4.69, 9.17) is 10.5 Å². The number of ether oxygens (including phenoxy) is 1. The third-order valence-electron chi connectivity index (χ3n) is 6.30. The number of nitrogens with two attached hydrogens (primary N) is 1. The molecule has 2 N–H and O–H groups in total. The van der Waals surface area contributed by atoms with Gasteiger partial charge in [-0.2, -0.15) is 0 Å². The second-order valence-corrected chi connectivity index (χ2v) is 8.88. The number of nitrogen functional groups attached to an aromatic ring is 1. The van der Waals surface area contributed by atoms with Crippen LogP contribution in [0.1, 0.15) is 36.5 Å². The van der Waals surface area contributed by atoms with Crippen LogP contribution in [0.2, 0.25) is 0 Å². The van der Waals surface area contributed by atoms with E-state index >= 15 is 0 Å². The second-order valence-electron chi connectivity index (χ2n) is 8.88. The second kappa shape index (κ2) is 13.2. The highest BCUT2D eigenvalue weighted by atomic mass is 35.5. The summed E-state index contributed by atoms with van der Waals surface area (Å²) >= 11 is 0. The molecule has 0 aliphatic carbocycles. The van der Waals surface area contributed by atoms with Crippen LogP contribution in [0, 0.1) is 5.92 Å². The molecule has 1 fully saturated rings. The standard InChI is InChI=1S/C26H36N4O3.ClH/c1-20(12-13-25(31)30-17-15-28(2)16-18-30)14-19-33-24-11-7-6-10-23(24)29(3)26(32)21-8-4-5-9-22(21)27;/h4-11,20H,12-19,27H2,1-3H3;1H. The molecule has 2 amide bonds. The van der Waals surface area contributed by atoms with Crippen LogP contribution in [0.25, 0.3) is 0 Å². The number of para-hydroxylation sites is 3. The molecule has 0 bridgehead atoms. The highest BCUT2D eigenvalue weighted by Crippen LogP contribution is 2.29. The average Bonchev–Trinajstić information content (AvgIpc) is 2.82. The third-order valence-corrected chi connectivity index (χ3v) is 6.30. The summed E-state index contributed by atoms with van der Waals surface area (Å²) in [6, 6.07) is 14.6. The number of amides is 2. The van der Waals surface area contributed by atoms with Gasteiger partial charge in [-0.05, 0) is 50.1 Å². The molecule has 1 saturated heterocycles. The van der Waals surface area contributed by atoms with E-state index in [0.29, 0.717) is 41.6 Å². The van der Waals surface area contributed by atoms with E-state index in [-0.39, 0.29) is 24.2 Å². The number of piperazine rings is 1. The van der Waals surface area contributed by atoms with Crippen molar-refractivity contribution in [1.29, 1.82) is 0 Å². The van der Waals surface area contributed by atoms with Gasteiger partial charge in [-0.15, -0.1) is 12.4 Å². The maximum atomic E-state index is 12.9. The Morgan fingerprint density at radius 1 is 1.03 bits per heavy atom. The summed E-state index contributed by atoms with van der Waals surface area (Å²) in [4.78, 5) is 31.2. The number of anilines is 2. The summed E-state index contributed by atoms with van der Waals surface area (Å²) in [5, 5.41) is 0. The number of carbonyl (C=O) groups excluding carboxylic acids is 2. The Balaban J connectivity index is 0.00000408. The topological polar surface area (TPSA) is 79.1 Å². The first-order chi connectivity index (χ1) is 15.9. The van der Waals surface area contributed by atoms with Crippen molar-refractivity contribution in [2.45, 2.75) is 26.2 Å². The van der Waals surface area contributed by atoms with Gasteiger partial charge in [0.1, 0.15) is 5.75 Å². The maximum Gasteiger partial charge on any atom is 0.260 e. The summed E-state index contributed by atoms with van der Waals surface area (Å²) < 4.78 is 6.05. The lowest BCUT2D eigenvalue weighted by Crippen LogP contribution is -2.47. The lowest BCUT2D eigenvalue weighted by molar-refractivity contribution is -0.133. The Labute approximate surface area is 209 Å². The molecule has 7 nitrogen and oxygen atoms in total. The molecule has 1 heterocycles. The van der Waals surface area contributed by atoms with E-state index in [2.05, 4.69) is 18.9 Å². The molecule has 0 aromatic heterocycles. The summed E-state index contributed by atoms with van der Waals surface area (Å²) in [5.41, 5.74) is 7.60. The molecule has 1 aliphatic heterocycles. The predicted octanol–water partition coefficient (Wildman–Crippen LogP) is 3.93. The van der Waals surface area contributed by atoms with Crippen LogP contribution in [0.5, 0.6) is 5.75 Å². The molecule has 2 aromatic carbocycles. The van der Waals surface area contributed by atoms with Gasteiger partial charge in [0.2, 0.25) is 5.91 Å². The van der Waals surface area contributed by atoms with Crippen molar-refractivity contribution in [2.24, 2.45) is 5.92 Å². The van der Waals surface area contributed by atoms with E-state index in [9.17, 15) is 9.59 Å². The molecule has 2 aromatic rings. The van der Waals surface area contributed by atoms with Gasteiger partial charge in [0.25, 0.3) is 5.91 Å². The Morgan fingerprint density at radius 2 is 1.68 bits per heavy atom. The Kier molecular flexibility index (Phi) is 10.7. The largest absolute Gasteiger partial charge is 0.491 e. The molecule has 8 heteroatoms. The van der Waals surface area contributed by atoms with Gasteiger partial charge in [-0.25, -0.2) is 0 Å². The van der Waals surface area contributed by atoms with Crippen LogP contribution in [-0.4, -0.2) is 68.5 Å². The van der Waals surface area contributed by atoms with Crippen molar-refractivity contribution >= 4 is 35.6 Å². The van der Waals surface area contributed by atoms with Crippen molar-refractivity contribution in [3.05, 3.63) is 54.1 Å². The normalized spacial score (nSPS) is 14.7. The number of rotatable bonds is 9. The fourth-order valence-electron chi connectivity index (χ4n) is 3.94. The lowest BCUT2D eigenvalue weighted by Gasteiger charge is -2.32. The molecular formula is C26H37ClN4O3. The first kappa shape index (κ1) is 27.5. The molecule has 34 heavy (non-hydrogen) atoms. The highest BCUT2D eigenvalue weighted by molar-refractivity contribution is 6.09. The molecular weight excluding hydrogens is 452 g/mol. The van der Waals surface area contributed by atoms with Crippen LogP contribution in [0.15, 0.2) is 48.5 Å². The van der Waals surface area contributed by atoms with E-state index in [1.54, 1.807) is 30.1 Å². The van der Waals surface area contributed by atoms with Crippen LogP contribution in [0.4, 0.5) is 11.4 Å². The van der Waals surface area contributed by atoms with Gasteiger partial charge in [-0.3, -0.25) is 9.59 Å². The molecule has 1 unspecified atom stereocenters. The summed E-state index contributed by atoms with van der Waals surface area (Å²) in [6.07, 6.45) is 2.27. The smallest absolute Gasteiger partial charge is 0.260 e. The average molecular weight is 489 g/mol. The molecule has 0 radical (unpaired) electrons. The third kappa shape index (κ3) is 7.37. The van der Waals surface area contributed by atoms with Crippen LogP contribution in [-0.2, 0) is 4.79 Å². The zero-order valence-corrected chi connectivity index (χ0v) is 21.2. The van der Waals surface area contributed by atoms with Crippen LogP contribution >= 0.6 is 12.4 Å². The van der Waals surface area contributed by atoms with E-state index in [1.807, 2.05) is 35.2 Å². The number of benzene rings is 2. The van der Waals surface area contributed by atoms with Crippen molar-refractivity contribution in [3.8, 4) is 5.75 Å². The quantitative estimate of drug-likeness (QED) is 0.541. The highest BCUT2D eigenvalue weighted by Gasteiger charge is 2.20. The fraction of sp³-hybridized carbons (Fsp3) is 0.462. The van der Waals surface area contributed by atoms with Crippen molar-refractivity contribution in [3.63, 3.8) is 0 Å². The van der Waals surface area contributed by atoms with E-state index < -0.39 is 0 Å². The van der Waals surface area contributed by atoms with Crippen LogP contribution < -0.4 is 15.4 Å². The van der Waals surface area contributed by atoms with Gasteiger partial charge < -0.3 is 25.2 Å². The Morgan fingerprint density at radius 3 is 2.38 bits per heavy atom. The molecule has 186 valence electrons. The zero-order chi connectivity index (χ0) is 23.8. The minimum Gasteiger partial charge on any atom is -0.491 e. The van der Waals surface area contributed by atoms with E-state index in [1.165, 1.54) is 0 Å². The van der Waals surface area contributed by atoms with Gasteiger partial charge in [0, 0.05) is 45.3 Å². The van der Waals surface area contributed by atoms with Gasteiger partial charge in [-0.1, -0.05) is 31.2 Å². The zero-order valence-electron chi connectivity index (χ0n) is 20.4. The summed E-state index contributed by atoms with van der Waals surface area (Å²) in [6.45, 7) is 6.22. The Bertz CT molecular complexity index is 947. The van der Waals surface area contributed by atoms with Crippen molar-refractivity contribution < 1.29 is 14.3 Å². The monoisotopic (exact) mass is 488 g/mol. The predicted molar refractivity (Wildman–Crippen MR) is 140 cm³/mol. The number of halogens is 1.